The van der Waals surface area contributed by atoms with E-state index in [0.29, 0.717) is 12.2 Å². The van der Waals surface area contributed by atoms with Crippen molar-refractivity contribution in [3.8, 4) is 0 Å². The lowest BCUT2D eigenvalue weighted by Gasteiger charge is -2.31. The fourth-order valence-electron chi connectivity index (χ4n) is 2.23. The third kappa shape index (κ3) is 3.17. The topological polar surface area (TPSA) is 43.5 Å². The van der Waals surface area contributed by atoms with E-state index in [1.54, 1.807) is 0 Å². The first-order chi connectivity index (χ1) is 7.92. The predicted octanol–water partition coefficient (Wildman–Crippen LogP) is 1.13. The molecule has 1 saturated carbocycles. The van der Waals surface area contributed by atoms with Crippen molar-refractivity contribution in [1.29, 1.82) is 0 Å². The van der Waals surface area contributed by atoms with Crippen LogP contribution in [0.1, 0.15) is 25.7 Å². The maximum Gasteiger partial charge on any atom is 0.104 e. The SMILES string of the molecule is C1CC[C@@H](OC[C@H]2CO2)[C@H](OC[C@H]2CO2)C1. The van der Waals surface area contributed by atoms with Crippen LogP contribution in [0.4, 0.5) is 0 Å². The zero-order valence-electron chi connectivity index (χ0n) is 9.60. The van der Waals surface area contributed by atoms with Crippen molar-refractivity contribution in [3.63, 3.8) is 0 Å². The Morgan fingerprint density at radius 2 is 1.25 bits per heavy atom. The number of rotatable bonds is 6. The van der Waals surface area contributed by atoms with Crippen LogP contribution in [-0.4, -0.2) is 50.8 Å². The summed E-state index contributed by atoms with van der Waals surface area (Å²) in [6, 6.07) is 0. The van der Waals surface area contributed by atoms with Crippen molar-refractivity contribution in [2.45, 2.75) is 50.1 Å². The van der Waals surface area contributed by atoms with E-state index >= 15 is 0 Å². The molecule has 0 aromatic rings. The summed E-state index contributed by atoms with van der Waals surface area (Å²) in [7, 11) is 0. The summed E-state index contributed by atoms with van der Waals surface area (Å²) in [6.45, 7) is 3.22. The Hall–Kier alpha value is -0.160. The second-order valence-electron chi connectivity index (χ2n) is 4.94. The monoisotopic (exact) mass is 228 g/mol. The van der Waals surface area contributed by atoms with Crippen LogP contribution in [0.15, 0.2) is 0 Å². The van der Waals surface area contributed by atoms with Gasteiger partial charge in [-0.1, -0.05) is 12.8 Å². The van der Waals surface area contributed by atoms with Gasteiger partial charge in [-0.2, -0.15) is 0 Å². The molecule has 0 unspecified atom stereocenters. The zero-order valence-corrected chi connectivity index (χ0v) is 9.60. The average Bonchev–Trinajstić information content (AvgIpc) is 3.17. The molecule has 0 N–H and O–H groups in total. The van der Waals surface area contributed by atoms with Crippen LogP contribution < -0.4 is 0 Å². The van der Waals surface area contributed by atoms with Gasteiger partial charge >= 0.3 is 0 Å². The number of hydrogen-bond acceptors (Lipinski definition) is 4. The molecule has 1 aliphatic carbocycles. The number of epoxide rings is 2. The molecule has 0 spiro atoms. The Labute approximate surface area is 96.2 Å². The summed E-state index contributed by atoms with van der Waals surface area (Å²) in [5, 5.41) is 0. The van der Waals surface area contributed by atoms with E-state index in [0.717, 1.165) is 39.3 Å². The van der Waals surface area contributed by atoms with Crippen molar-refractivity contribution in [2.75, 3.05) is 26.4 Å². The molecule has 0 radical (unpaired) electrons. The predicted molar refractivity (Wildman–Crippen MR) is 57.4 cm³/mol. The highest BCUT2D eigenvalue weighted by Gasteiger charge is 2.32. The molecule has 4 heteroatoms. The van der Waals surface area contributed by atoms with Crippen molar-refractivity contribution in [1.82, 2.24) is 0 Å². The van der Waals surface area contributed by atoms with Gasteiger partial charge in [0.05, 0.1) is 38.6 Å². The van der Waals surface area contributed by atoms with E-state index in [1.165, 1.54) is 12.8 Å². The number of hydrogen-bond donors (Lipinski definition) is 0. The molecule has 0 aromatic heterocycles. The molecule has 2 heterocycles. The highest BCUT2D eigenvalue weighted by atomic mass is 16.6. The van der Waals surface area contributed by atoms with Gasteiger partial charge in [0.1, 0.15) is 12.2 Å². The molecule has 0 amide bonds. The van der Waals surface area contributed by atoms with Crippen LogP contribution in [0.25, 0.3) is 0 Å². The van der Waals surface area contributed by atoms with E-state index in [-0.39, 0.29) is 12.2 Å². The van der Waals surface area contributed by atoms with Gasteiger partial charge in [0.25, 0.3) is 0 Å². The lowest BCUT2D eigenvalue weighted by molar-refractivity contribution is -0.0968. The average molecular weight is 228 g/mol. The molecule has 0 aromatic carbocycles. The van der Waals surface area contributed by atoms with Crippen LogP contribution in [0.3, 0.4) is 0 Å². The van der Waals surface area contributed by atoms with Crippen molar-refractivity contribution in [2.24, 2.45) is 0 Å². The second-order valence-corrected chi connectivity index (χ2v) is 4.94. The highest BCUT2D eigenvalue weighted by Crippen LogP contribution is 2.26. The largest absolute Gasteiger partial charge is 0.373 e. The summed E-state index contributed by atoms with van der Waals surface area (Å²) >= 11 is 0. The van der Waals surface area contributed by atoms with Gasteiger partial charge in [-0.05, 0) is 12.8 Å². The lowest BCUT2D eigenvalue weighted by Crippen LogP contribution is -2.36. The molecule has 92 valence electrons. The Kier molecular flexibility index (Phi) is 3.43. The fourth-order valence-corrected chi connectivity index (χ4v) is 2.23. The summed E-state index contributed by atoms with van der Waals surface area (Å²) in [5.74, 6) is 0. The van der Waals surface area contributed by atoms with Crippen molar-refractivity contribution in [3.05, 3.63) is 0 Å². The van der Waals surface area contributed by atoms with Crippen LogP contribution >= 0.6 is 0 Å². The van der Waals surface area contributed by atoms with Gasteiger partial charge in [-0.25, -0.2) is 0 Å². The molecular weight excluding hydrogens is 208 g/mol. The normalized spacial score (nSPS) is 42.0. The standard InChI is InChI=1S/C12H20O4/c1-2-4-12(16-8-10-6-14-10)11(3-1)15-7-9-5-13-9/h9-12H,1-8H2/t9-,10-,11-,12-/m1/s1. The minimum atomic E-state index is 0.275. The molecule has 2 aliphatic heterocycles. The van der Waals surface area contributed by atoms with Crippen LogP contribution in [0, 0.1) is 0 Å². The summed E-state index contributed by atoms with van der Waals surface area (Å²) in [6.07, 6.45) is 6.04. The third-order valence-electron chi connectivity index (χ3n) is 3.44. The van der Waals surface area contributed by atoms with Crippen LogP contribution in [0.2, 0.25) is 0 Å². The summed E-state index contributed by atoms with van der Waals surface area (Å²) in [5.41, 5.74) is 0. The Bertz CT molecular complexity index is 201. The van der Waals surface area contributed by atoms with Gasteiger partial charge in [0, 0.05) is 0 Å². The number of ether oxygens (including phenoxy) is 4. The molecule has 3 fully saturated rings. The highest BCUT2D eigenvalue weighted by molar-refractivity contribution is 4.80. The zero-order chi connectivity index (χ0) is 10.8. The summed E-state index contributed by atoms with van der Waals surface area (Å²) < 4.78 is 22.1. The van der Waals surface area contributed by atoms with Gasteiger partial charge in [0.2, 0.25) is 0 Å². The quantitative estimate of drug-likeness (QED) is 0.639. The summed E-state index contributed by atoms with van der Waals surface area (Å²) in [4.78, 5) is 0. The van der Waals surface area contributed by atoms with Crippen LogP contribution in [-0.2, 0) is 18.9 Å². The minimum Gasteiger partial charge on any atom is -0.373 e. The molecule has 3 rings (SSSR count). The van der Waals surface area contributed by atoms with Gasteiger partial charge < -0.3 is 18.9 Å². The Morgan fingerprint density at radius 3 is 1.62 bits per heavy atom. The van der Waals surface area contributed by atoms with Crippen molar-refractivity contribution >= 4 is 0 Å². The maximum atomic E-state index is 5.88. The first-order valence-electron chi connectivity index (χ1n) is 6.38. The first-order valence-corrected chi connectivity index (χ1v) is 6.38. The molecule has 16 heavy (non-hydrogen) atoms. The van der Waals surface area contributed by atoms with E-state index < -0.39 is 0 Å². The molecule has 2 saturated heterocycles. The Balaban J connectivity index is 1.42. The van der Waals surface area contributed by atoms with Gasteiger partial charge in [0.15, 0.2) is 0 Å². The lowest BCUT2D eigenvalue weighted by atomic mass is 9.94. The van der Waals surface area contributed by atoms with E-state index in [1.807, 2.05) is 0 Å². The molecular formula is C12H20O4. The molecule has 4 nitrogen and oxygen atoms in total. The Morgan fingerprint density at radius 1 is 0.812 bits per heavy atom. The first kappa shape index (κ1) is 11.0. The molecule has 0 bridgehead atoms. The minimum absolute atomic E-state index is 0.275. The van der Waals surface area contributed by atoms with Gasteiger partial charge in [-0.15, -0.1) is 0 Å². The van der Waals surface area contributed by atoms with Crippen LogP contribution in [0.5, 0.6) is 0 Å². The molecule has 3 aliphatic rings. The fraction of sp³-hybridized carbons (Fsp3) is 1.00. The maximum absolute atomic E-state index is 5.88. The smallest absolute Gasteiger partial charge is 0.104 e. The van der Waals surface area contributed by atoms with E-state index in [4.69, 9.17) is 18.9 Å². The van der Waals surface area contributed by atoms with E-state index in [9.17, 15) is 0 Å². The molecule has 4 atom stereocenters. The van der Waals surface area contributed by atoms with Crippen molar-refractivity contribution < 1.29 is 18.9 Å². The third-order valence-corrected chi connectivity index (χ3v) is 3.44. The van der Waals surface area contributed by atoms with E-state index in [2.05, 4.69) is 0 Å². The van der Waals surface area contributed by atoms with Gasteiger partial charge in [-0.3, -0.25) is 0 Å². The second kappa shape index (κ2) is 5.00.